The van der Waals surface area contributed by atoms with Gasteiger partial charge < -0.3 is 19.4 Å². The summed E-state index contributed by atoms with van der Waals surface area (Å²) >= 11 is 0. The average Bonchev–Trinajstić information content (AvgIpc) is 3.39. The van der Waals surface area contributed by atoms with E-state index in [2.05, 4.69) is 5.32 Å². The van der Waals surface area contributed by atoms with Crippen molar-refractivity contribution < 1.29 is 27.1 Å². The Morgan fingerprint density at radius 2 is 1.75 bits per heavy atom. The second-order valence-electron chi connectivity index (χ2n) is 7.21. The molecule has 32 heavy (non-hydrogen) atoms. The quantitative estimate of drug-likeness (QED) is 0.463. The zero-order valence-corrected chi connectivity index (χ0v) is 17.4. The minimum Gasteiger partial charge on any atom is -0.454 e. The van der Waals surface area contributed by atoms with E-state index in [4.69, 9.17) is 9.47 Å². The number of aromatic nitrogens is 1. The molecule has 0 radical (unpaired) electrons. The molecule has 1 aliphatic rings. The van der Waals surface area contributed by atoms with Gasteiger partial charge in [0.15, 0.2) is 11.5 Å². The number of hydrogen-bond acceptors (Lipinski definition) is 5. The molecule has 1 amide bonds. The van der Waals surface area contributed by atoms with Crippen LogP contribution in [0.4, 0.5) is 10.1 Å². The van der Waals surface area contributed by atoms with Crippen molar-refractivity contribution in [3.05, 3.63) is 78.7 Å². The minimum atomic E-state index is -3.91. The number of nitrogens with one attached hydrogen (secondary N) is 1. The van der Waals surface area contributed by atoms with Crippen LogP contribution in [0.1, 0.15) is 0 Å². The summed E-state index contributed by atoms with van der Waals surface area (Å²) in [6, 6.07) is 16.6. The van der Waals surface area contributed by atoms with Crippen LogP contribution < -0.4 is 14.8 Å². The van der Waals surface area contributed by atoms with Gasteiger partial charge in [-0.2, -0.15) is 0 Å². The monoisotopic (exact) mass is 452 g/mol. The maximum Gasteiger partial charge on any atom is 0.244 e. The zero-order valence-electron chi connectivity index (χ0n) is 16.6. The SMILES string of the molecule is O=C(Cn1cc(S(=O)(=O)c2ccc(F)cc2)c2ccccc21)Nc1ccc2c(c1)OCO2. The molecule has 2 heterocycles. The highest BCUT2D eigenvalue weighted by atomic mass is 32.2. The molecular formula is C23H17FN2O5S. The Balaban J connectivity index is 1.46. The highest BCUT2D eigenvalue weighted by Crippen LogP contribution is 2.34. The van der Waals surface area contributed by atoms with Crippen LogP contribution in [0.5, 0.6) is 11.5 Å². The Kier molecular flexibility index (Phi) is 4.82. The van der Waals surface area contributed by atoms with Crippen molar-refractivity contribution in [2.45, 2.75) is 16.3 Å². The van der Waals surface area contributed by atoms with E-state index >= 15 is 0 Å². The van der Waals surface area contributed by atoms with Crippen molar-refractivity contribution in [2.24, 2.45) is 0 Å². The first-order valence-electron chi connectivity index (χ1n) is 9.70. The Bertz CT molecular complexity index is 1450. The molecular weight excluding hydrogens is 435 g/mol. The molecule has 1 aliphatic heterocycles. The van der Waals surface area contributed by atoms with Crippen molar-refractivity contribution in [3.63, 3.8) is 0 Å². The Hall–Kier alpha value is -3.85. The molecule has 1 N–H and O–H groups in total. The number of rotatable bonds is 5. The fourth-order valence-electron chi connectivity index (χ4n) is 3.63. The highest BCUT2D eigenvalue weighted by Gasteiger charge is 2.24. The zero-order chi connectivity index (χ0) is 22.3. The topological polar surface area (TPSA) is 86.6 Å². The van der Waals surface area contributed by atoms with E-state index in [0.717, 1.165) is 12.1 Å². The molecule has 162 valence electrons. The predicted octanol–water partition coefficient (Wildman–Crippen LogP) is 3.98. The third-order valence-electron chi connectivity index (χ3n) is 5.14. The first kappa shape index (κ1) is 20.1. The van der Waals surface area contributed by atoms with Crippen LogP contribution in [-0.4, -0.2) is 25.7 Å². The first-order valence-corrected chi connectivity index (χ1v) is 11.2. The van der Waals surface area contributed by atoms with Crippen LogP contribution in [0.15, 0.2) is 82.7 Å². The maximum atomic E-state index is 13.3. The largest absolute Gasteiger partial charge is 0.454 e. The molecule has 7 nitrogen and oxygen atoms in total. The molecule has 0 spiro atoms. The summed E-state index contributed by atoms with van der Waals surface area (Å²) in [6.45, 7) is 0.0291. The van der Waals surface area contributed by atoms with E-state index < -0.39 is 15.7 Å². The number of amides is 1. The van der Waals surface area contributed by atoms with E-state index in [1.165, 1.54) is 18.3 Å². The lowest BCUT2D eigenvalue weighted by molar-refractivity contribution is -0.116. The third-order valence-corrected chi connectivity index (χ3v) is 6.93. The van der Waals surface area contributed by atoms with E-state index in [9.17, 15) is 17.6 Å². The number of nitrogens with zero attached hydrogens (tertiary/aromatic N) is 1. The lowest BCUT2D eigenvalue weighted by Gasteiger charge is -2.08. The second kappa shape index (κ2) is 7.69. The van der Waals surface area contributed by atoms with Gasteiger partial charge in [0.05, 0.1) is 9.79 Å². The first-order chi connectivity index (χ1) is 15.4. The Labute approximate surface area is 182 Å². The lowest BCUT2D eigenvalue weighted by atomic mass is 10.2. The lowest BCUT2D eigenvalue weighted by Crippen LogP contribution is -2.18. The Morgan fingerprint density at radius 3 is 2.56 bits per heavy atom. The van der Waals surface area contributed by atoms with Crippen LogP contribution in [-0.2, 0) is 21.2 Å². The van der Waals surface area contributed by atoms with Gasteiger partial charge in [0.25, 0.3) is 0 Å². The van der Waals surface area contributed by atoms with Gasteiger partial charge >= 0.3 is 0 Å². The molecule has 9 heteroatoms. The maximum absolute atomic E-state index is 13.3. The van der Waals surface area contributed by atoms with Crippen molar-refractivity contribution in [3.8, 4) is 11.5 Å². The fourth-order valence-corrected chi connectivity index (χ4v) is 5.10. The summed E-state index contributed by atoms with van der Waals surface area (Å²) in [7, 11) is -3.91. The van der Waals surface area contributed by atoms with Crippen molar-refractivity contribution >= 4 is 32.3 Å². The number of hydrogen-bond donors (Lipinski definition) is 1. The van der Waals surface area contributed by atoms with Gasteiger partial charge in [0.1, 0.15) is 12.4 Å². The van der Waals surface area contributed by atoms with Crippen LogP contribution >= 0.6 is 0 Å². The number of halogens is 1. The van der Waals surface area contributed by atoms with Crippen molar-refractivity contribution in [1.29, 1.82) is 0 Å². The second-order valence-corrected chi connectivity index (χ2v) is 9.13. The van der Waals surface area contributed by atoms with Gasteiger partial charge in [-0.15, -0.1) is 0 Å². The number of para-hydroxylation sites is 1. The molecule has 0 saturated carbocycles. The van der Waals surface area contributed by atoms with Crippen LogP contribution in [0.25, 0.3) is 10.9 Å². The number of fused-ring (bicyclic) bond motifs is 2. The number of benzene rings is 3. The van der Waals surface area contributed by atoms with Crippen molar-refractivity contribution in [1.82, 2.24) is 4.57 Å². The van der Waals surface area contributed by atoms with Gasteiger partial charge in [-0.1, -0.05) is 18.2 Å². The number of ether oxygens (including phenoxy) is 2. The Morgan fingerprint density at radius 1 is 1.00 bits per heavy atom. The van der Waals surface area contributed by atoms with Gasteiger partial charge in [0.2, 0.25) is 22.5 Å². The van der Waals surface area contributed by atoms with Crippen LogP contribution in [0.2, 0.25) is 0 Å². The summed E-state index contributed by atoms with van der Waals surface area (Å²) in [6.07, 6.45) is 1.43. The molecule has 0 atom stereocenters. The summed E-state index contributed by atoms with van der Waals surface area (Å²) in [5.74, 6) is 0.291. The number of carbonyl (C=O) groups excluding carboxylic acids is 1. The van der Waals surface area contributed by atoms with E-state index in [1.807, 2.05) is 0 Å². The summed E-state index contributed by atoms with van der Waals surface area (Å²) in [5, 5.41) is 3.26. The molecule has 1 aromatic heterocycles. The normalized spacial score (nSPS) is 12.8. The van der Waals surface area contributed by atoms with Crippen LogP contribution in [0.3, 0.4) is 0 Å². The predicted molar refractivity (Wildman–Crippen MR) is 115 cm³/mol. The molecule has 3 aromatic carbocycles. The average molecular weight is 452 g/mol. The van der Waals surface area contributed by atoms with Crippen molar-refractivity contribution in [2.75, 3.05) is 12.1 Å². The molecule has 0 unspecified atom stereocenters. The smallest absolute Gasteiger partial charge is 0.244 e. The van der Waals surface area contributed by atoms with Gasteiger partial charge in [-0.05, 0) is 42.5 Å². The van der Waals surface area contributed by atoms with E-state index in [0.29, 0.717) is 28.1 Å². The molecule has 0 aliphatic carbocycles. The van der Waals surface area contributed by atoms with Gasteiger partial charge in [-0.3, -0.25) is 4.79 Å². The standard InChI is InChI=1S/C23H17FN2O5S/c24-15-5-8-17(9-6-15)32(28,29)22-12-26(19-4-2-1-3-18(19)22)13-23(27)25-16-7-10-20-21(11-16)31-14-30-20/h1-12H,13-14H2,(H,25,27). The summed E-state index contributed by atoms with van der Waals surface area (Å²) in [5.41, 5.74) is 1.13. The van der Waals surface area contributed by atoms with Gasteiger partial charge in [-0.25, -0.2) is 12.8 Å². The summed E-state index contributed by atoms with van der Waals surface area (Å²) in [4.78, 5) is 12.7. The molecule has 0 saturated heterocycles. The molecule has 5 rings (SSSR count). The number of carbonyl (C=O) groups is 1. The molecule has 4 aromatic rings. The number of anilines is 1. The molecule has 0 bridgehead atoms. The van der Waals surface area contributed by atoms with Gasteiger partial charge in [0, 0.05) is 28.9 Å². The molecule has 0 fully saturated rings. The van der Waals surface area contributed by atoms with E-state index in [1.54, 1.807) is 47.0 Å². The van der Waals surface area contributed by atoms with Crippen LogP contribution in [0, 0.1) is 5.82 Å². The van der Waals surface area contributed by atoms with E-state index in [-0.39, 0.29) is 29.0 Å². The highest BCUT2D eigenvalue weighted by molar-refractivity contribution is 7.91. The third kappa shape index (κ3) is 3.56. The number of sulfone groups is 1. The minimum absolute atomic E-state index is 0.0217. The fraction of sp³-hybridized carbons (Fsp3) is 0.0870. The summed E-state index contributed by atoms with van der Waals surface area (Å²) < 4.78 is 51.8.